The number of imidazole rings is 1. The summed E-state index contributed by atoms with van der Waals surface area (Å²) in [7, 11) is 0. The summed E-state index contributed by atoms with van der Waals surface area (Å²) in [5.74, 6) is -0.380. The maximum atomic E-state index is 13.9. The van der Waals surface area contributed by atoms with Gasteiger partial charge in [-0.2, -0.15) is 0 Å². The second-order valence-electron chi connectivity index (χ2n) is 4.63. The average Bonchev–Trinajstić information content (AvgIpc) is 2.94. The number of nitrogens with zero attached hydrogens (tertiary/aromatic N) is 3. The molecule has 0 atom stereocenters. The van der Waals surface area contributed by atoms with E-state index in [0.29, 0.717) is 27.9 Å². The lowest BCUT2D eigenvalue weighted by molar-refractivity contribution is 0.631. The van der Waals surface area contributed by atoms with Crippen LogP contribution in [0.25, 0.3) is 27.9 Å². The summed E-state index contributed by atoms with van der Waals surface area (Å²) in [6.07, 6.45) is 3.14. The molecule has 0 saturated carbocycles. The van der Waals surface area contributed by atoms with Gasteiger partial charge in [0, 0.05) is 18.0 Å². The molecule has 0 spiro atoms. The Morgan fingerprint density at radius 3 is 2.86 bits per heavy atom. The molecule has 0 saturated heterocycles. The fourth-order valence-corrected chi connectivity index (χ4v) is 2.36. The molecule has 21 heavy (non-hydrogen) atoms. The third-order valence-electron chi connectivity index (χ3n) is 3.34. The monoisotopic (exact) mass is 280 g/mol. The Bertz CT molecular complexity index is 1030. The number of rotatable bonds is 1. The maximum absolute atomic E-state index is 13.9. The highest BCUT2D eigenvalue weighted by atomic mass is 19.1. The molecule has 0 bridgehead atoms. The minimum Gasteiger partial charge on any atom is -0.305 e. The van der Waals surface area contributed by atoms with Gasteiger partial charge in [0.25, 0.3) is 0 Å². The molecule has 1 aromatic carbocycles. The van der Waals surface area contributed by atoms with E-state index in [1.807, 2.05) is 0 Å². The van der Waals surface area contributed by atoms with Crippen molar-refractivity contribution in [2.24, 2.45) is 0 Å². The molecule has 1 N–H and O–H groups in total. The zero-order valence-electron chi connectivity index (χ0n) is 10.7. The van der Waals surface area contributed by atoms with Crippen molar-refractivity contribution in [3.05, 3.63) is 65.1 Å². The minimum atomic E-state index is -0.380. The molecule has 5 nitrogen and oxygen atoms in total. The summed E-state index contributed by atoms with van der Waals surface area (Å²) in [6, 6.07) is 9.80. The van der Waals surface area contributed by atoms with E-state index in [0.717, 1.165) is 0 Å². The van der Waals surface area contributed by atoms with E-state index < -0.39 is 0 Å². The van der Waals surface area contributed by atoms with Crippen molar-refractivity contribution in [3.63, 3.8) is 0 Å². The number of hydrogen-bond donors (Lipinski definition) is 1. The number of hydrogen-bond acceptors (Lipinski definition) is 3. The summed E-state index contributed by atoms with van der Waals surface area (Å²) in [4.78, 5) is 23.4. The molecule has 0 radical (unpaired) electrons. The van der Waals surface area contributed by atoms with Crippen molar-refractivity contribution in [2.45, 2.75) is 0 Å². The molecule has 0 aliphatic carbocycles. The van der Waals surface area contributed by atoms with Gasteiger partial charge in [0.1, 0.15) is 11.3 Å². The number of aromatic amines is 1. The van der Waals surface area contributed by atoms with Gasteiger partial charge in [0.2, 0.25) is 0 Å². The molecule has 0 unspecified atom stereocenters. The number of halogens is 1. The van der Waals surface area contributed by atoms with Crippen LogP contribution in [0.1, 0.15) is 0 Å². The number of fused-ring (bicyclic) bond motifs is 3. The van der Waals surface area contributed by atoms with E-state index in [9.17, 15) is 9.18 Å². The first-order chi connectivity index (χ1) is 10.2. The number of H-pyrrole nitrogens is 1. The van der Waals surface area contributed by atoms with Crippen LogP contribution in [0.15, 0.2) is 53.6 Å². The van der Waals surface area contributed by atoms with Crippen LogP contribution >= 0.6 is 0 Å². The van der Waals surface area contributed by atoms with E-state index >= 15 is 0 Å². The van der Waals surface area contributed by atoms with Crippen molar-refractivity contribution in [1.82, 2.24) is 19.4 Å². The van der Waals surface area contributed by atoms with E-state index in [2.05, 4.69) is 15.0 Å². The van der Waals surface area contributed by atoms with Gasteiger partial charge in [-0.25, -0.2) is 18.6 Å². The number of benzene rings is 1. The molecule has 3 aromatic heterocycles. The summed E-state index contributed by atoms with van der Waals surface area (Å²) in [5, 5.41) is 0. The van der Waals surface area contributed by atoms with Gasteiger partial charge in [-0.1, -0.05) is 12.1 Å². The minimum absolute atomic E-state index is 0.333. The van der Waals surface area contributed by atoms with E-state index in [1.54, 1.807) is 36.5 Å². The molecule has 0 amide bonds. The third kappa shape index (κ3) is 1.73. The smallest absolute Gasteiger partial charge is 0.305 e. The highest BCUT2D eigenvalue weighted by Crippen LogP contribution is 2.23. The Morgan fingerprint density at radius 2 is 2.00 bits per heavy atom. The second-order valence-corrected chi connectivity index (χ2v) is 4.63. The Labute approximate surface area is 117 Å². The summed E-state index contributed by atoms with van der Waals surface area (Å²) >= 11 is 0. The number of nitrogens with one attached hydrogen (secondary N) is 1. The van der Waals surface area contributed by atoms with Gasteiger partial charge >= 0.3 is 5.69 Å². The lowest BCUT2D eigenvalue weighted by Gasteiger charge is -1.97. The van der Waals surface area contributed by atoms with Gasteiger partial charge in [-0.05, 0) is 24.3 Å². The molecular formula is C15H9FN4O. The average molecular weight is 280 g/mol. The fourth-order valence-electron chi connectivity index (χ4n) is 2.36. The van der Waals surface area contributed by atoms with E-state index in [4.69, 9.17) is 0 Å². The Kier molecular flexibility index (Phi) is 2.38. The second kappa shape index (κ2) is 4.24. The zero-order valence-corrected chi connectivity index (χ0v) is 10.7. The predicted octanol–water partition coefficient (Wildman–Crippen LogP) is 2.38. The van der Waals surface area contributed by atoms with Crippen molar-refractivity contribution in [2.75, 3.05) is 0 Å². The van der Waals surface area contributed by atoms with Crippen LogP contribution in [-0.4, -0.2) is 19.4 Å². The summed E-state index contributed by atoms with van der Waals surface area (Å²) in [5.41, 5.74) is 2.00. The molecule has 0 fully saturated rings. The van der Waals surface area contributed by atoms with Crippen LogP contribution in [0.4, 0.5) is 4.39 Å². The molecule has 3 heterocycles. The maximum Gasteiger partial charge on any atom is 0.331 e. The zero-order chi connectivity index (χ0) is 14.4. The van der Waals surface area contributed by atoms with Crippen LogP contribution in [0.3, 0.4) is 0 Å². The normalized spacial score (nSPS) is 11.3. The lowest BCUT2D eigenvalue weighted by Crippen LogP contribution is -2.15. The van der Waals surface area contributed by atoms with E-state index in [1.165, 1.54) is 16.7 Å². The molecule has 4 rings (SSSR count). The quantitative estimate of drug-likeness (QED) is 0.582. The van der Waals surface area contributed by atoms with Gasteiger partial charge in [-0.3, -0.25) is 4.98 Å². The Hall–Kier alpha value is -3.02. The Morgan fingerprint density at radius 1 is 1.14 bits per heavy atom. The largest absolute Gasteiger partial charge is 0.331 e. The Balaban J connectivity index is 2.11. The predicted molar refractivity (Wildman–Crippen MR) is 76.5 cm³/mol. The van der Waals surface area contributed by atoms with Gasteiger partial charge in [0.05, 0.1) is 11.2 Å². The highest BCUT2D eigenvalue weighted by molar-refractivity contribution is 5.88. The molecule has 6 heteroatoms. The third-order valence-corrected chi connectivity index (χ3v) is 3.34. The van der Waals surface area contributed by atoms with Crippen molar-refractivity contribution < 1.29 is 4.39 Å². The fraction of sp³-hybridized carbons (Fsp3) is 0. The van der Waals surface area contributed by atoms with Crippen LogP contribution in [0.5, 0.6) is 0 Å². The SMILES string of the molecule is O=c1[nH]c2cccnc2c2nc(-c3ccccc3F)cn12. The van der Waals surface area contributed by atoms with Gasteiger partial charge < -0.3 is 4.98 Å². The molecule has 0 aliphatic heterocycles. The van der Waals surface area contributed by atoms with Crippen molar-refractivity contribution in [1.29, 1.82) is 0 Å². The molecule has 4 aromatic rings. The van der Waals surface area contributed by atoms with Crippen molar-refractivity contribution >= 4 is 16.7 Å². The molecular weight excluding hydrogens is 271 g/mol. The van der Waals surface area contributed by atoms with Crippen molar-refractivity contribution in [3.8, 4) is 11.3 Å². The summed E-state index contributed by atoms with van der Waals surface area (Å²) in [6.45, 7) is 0. The lowest BCUT2D eigenvalue weighted by atomic mass is 10.1. The van der Waals surface area contributed by atoms with Crippen LogP contribution in [0, 0.1) is 5.82 Å². The first-order valence-corrected chi connectivity index (χ1v) is 6.35. The topological polar surface area (TPSA) is 63.0 Å². The highest BCUT2D eigenvalue weighted by Gasteiger charge is 2.13. The van der Waals surface area contributed by atoms with E-state index in [-0.39, 0.29) is 11.5 Å². The van der Waals surface area contributed by atoms with Crippen LogP contribution in [-0.2, 0) is 0 Å². The van der Waals surface area contributed by atoms with Crippen LogP contribution in [0.2, 0.25) is 0 Å². The first kappa shape index (κ1) is 11.8. The summed E-state index contributed by atoms with van der Waals surface area (Å²) < 4.78 is 15.2. The molecule has 102 valence electrons. The first-order valence-electron chi connectivity index (χ1n) is 6.35. The van der Waals surface area contributed by atoms with Gasteiger partial charge in [-0.15, -0.1) is 0 Å². The molecule has 0 aliphatic rings. The standard InChI is InChI=1S/C15H9FN4O/c16-10-5-2-1-4-9(10)12-8-20-14(18-12)13-11(19-15(20)21)6-3-7-17-13/h1-8H,(H,19,21). The van der Waals surface area contributed by atoms with Crippen LogP contribution < -0.4 is 5.69 Å². The number of aromatic nitrogens is 4. The number of pyridine rings is 1. The van der Waals surface area contributed by atoms with Gasteiger partial charge in [0.15, 0.2) is 5.65 Å².